The first kappa shape index (κ1) is 10.9. The Morgan fingerprint density at radius 1 is 1.26 bits per heavy atom. The molecule has 0 spiro atoms. The fourth-order valence-corrected chi connectivity index (χ4v) is 3.06. The zero-order chi connectivity index (χ0) is 13.1. The number of aromatic amines is 1. The van der Waals surface area contributed by atoms with Crippen molar-refractivity contribution in [2.45, 2.75) is 12.5 Å². The number of benzene rings is 1. The summed E-state index contributed by atoms with van der Waals surface area (Å²) in [6, 6.07) is 0.796. The minimum Gasteiger partial charge on any atom is -0.358 e. The standard InChI is InChI=1S/C14H10F2N2O/c15-9-3-10(16)14-12-6(4-18-14)1-11-8(13(9)12)2-7(19)5-17-11/h2-4,11,17-18H,1,5H2/t11-/m1/s1. The normalized spacial score (nSPS) is 21.5. The first-order valence-electron chi connectivity index (χ1n) is 6.11. The van der Waals surface area contributed by atoms with Gasteiger partial charge in [0.05, 0.1) is 12.1 Å². The van der Waals surface area contributed by atoms with E-state index < -0.39 is 11.6 Å². The molecule has 5 heteroatoms. The number of fused-ring (bicyclic) bond motifs is 2. The molecule has 19 heavy (non-hydrogen) atoms. The number of carbonyl (C=O) groups is 1. The van der Waals surface area contributed by atoms with Crippen LogP contribution in [0.15, 0.2) is 18.3 Å². The second-order valence-corrected chi connectivity index (χ2v) is 4.98. The number of rotatable bonds is 0. The van der Waals surface area contributed by atoms with Crippen molar-refractivity contribution in [1.29, 1.82) is 0 Å². The zero-order valence-corrected chi connectivity index (χ0v) is 9.89. The first-order valence-corrected chi connectivity index (χ1v) is 6.11. The van der Waals surface area contributed by atoms with Gasteiger partial charge in [-0.05, 0) is 23.6 Å². The number of hydrogen-bond acceptors (Lipinski definition) is 2. The monoisotopic (exact) mass is 260 g/mol. The molecule has 1 aromatic heterocycles. The number of hydrogen-bond donors (Lipinski definition) is 2. The Balaban J connectivity index is 2.13. The Kier molecular flexibility index (Phi) is 2.01. The van der Waals surface area contributed by atoms with E-state index >= 15 is 0 Å². The van der Waals surface area contributed by atoms with Crippen molar-refractivity contribution in [1.82, 2.24) is 10.3 Å². The number of carbonyl (C=O) groups excluding carboxylic acids is 1. The summed E-state index contributed by atoms with van der Waals surface area (Å²) >= 11 is 0. The molecule has 3 nitrogen and oxygen atoms in total. The topological polar surface area (TPSA) is 44.9 Å². The average molecular weight is 260 g/mol. The fourth-order valence-electron chi connectivity index (χ4n) is 3.06. The summed E-state index contributed by atoms with van der Waals surface area (Å²) in [5.41, 5.74) is 2.17. The number of halogens is 2. The fraction of sp³-hybridized carbons (Fsp3) is 0.214. The van der Waals surface area contributed by atoms with E-state index in [0.717, 1.165) is 11.6 Å². The van der Waals surface area contributed by atoms with E-state index in [4.69, 9.17) is 0 Å². The number of aromatic nitrogens is 1. The molecule has 0 bridgehead atoms. The smallest absolute Gasteiger partial charge is 0.169 e. The molecule has 4 rings (SSSR count). The van der Waals surface area contributed by atoms with Crippen LogP contribution in [0.5, 0.6) is 0 Å². The maximum atomic E-state index is 14.1. The molecule has 1 atom stereocenters. The van der Waals surface area contributed by atoms with Crippen molar-refractivity contribution in [3.8, 4) is 0 Å². The molecule has 0 unspecified atom stereocenters. The van der Waals surface area contributed by atoms with Crippen LogP contribution in [0.1, 0.15) is 11.1 Å². The van der Waals surface area contributed by atoms with E-state index in [9.17, 15) is 13.6 Å². The van der Waals surface area contributed by atoms with Crippen molar-refractivity contribution < 1.29 is 13.6 Å². The third-order valence-corrected chi connectivity index (χ3v) is 3.87. The van der Waals surface area contributed by atoms with Crippen molar-refractivity contribution in [3.63, 3.8) is 0 Å². The number of ketones is 1. The van der Waals surface area contributed by atoms with Crippen LogP contribution < -0.4 is 5.32 Å². The van der Waals surface area contributed by atoms with E-state index in [1.54, 1.807) is 6.20 Å². The van der Waals surface area contributed by atoms with Crippen LogP contribution in [0.2, 0.25) is 0 Å². The zero-order valence-electron chi connectivity index (χ0n) is 9.89. The summed E-state index contributed by atoms with van der Waals surface area (Å²) in [6.45, 7) is 0.264. The van der Waals surface area contributed by atoms with Gasteiger partial charge in [-0.1, -0.05) is 0 Å². The van der Waals surface area contributed by atoms with Gasteiger partial charge in [0.25, 0.3) is 0 Å². The third kappa shape index (κ3) is 1.36. The molecular weight excluding hydrogens is 250 g/mol. The SMILES string of the molecule is O=C1C=C2c3c(F)cc(F)c4[nH]cc(c34)C[C@H]2NC1. The summed E-state index contributed by atoms with van der Waals surface area (Å²) < 4.78 is 27.9. The molecule has 2 aliphatic rings. The van der Waals surface area contributed by atoms with Gasteiger partial charge in [-0.25, -0.2) is 8.78 Å². The maximum absolute atomic E-state index is 14.1. The van der Waals surface area contributed by atoms with Crippen LogP contribution in [0, 0.1) is 11.6 Å². The van der Waals surface area contributed by atoms with Crippen molar-refractivity contribution in [3.05, 3.63) is 41.1 Å². The van der Waals surface area contributed by atoms with Gasteiger partial charge in [-0.2, -0.15) is 0 Å². The van der Waals surface area contributed by atoms with Crippen LogP contribution in [-0.2, 0) is 11.2 Å². The highest BCUT2D eigenvalue weighted by molar-refractivity contribution is 6.07. The molecule has 1 aliphatic heterocycles. The second-order valence-electron chi connectivity index (χ2n) is 4.98. The van der Waals surface area contributed by atoms with E-state index in [1.807, 2.05) is 0 Å². The molecule has 0 fully saturated rings. The van der Waals surface area contributed by atoms with E-state index in [0.29, 0.717) is 28.5 Å². The Bertz CT molecular complexity index is 760. The average Bonchev–Trinajstić information content (AvgIpc) is 2.78. The number of nitrogens with one attached hydrogen (secondary N) is 2. The van der Waals surface area contributed by atoms with Gasteiger partial charge >= 0.3 is 0 Å². The largest absolute Gasteiger partial charge is 0.358 e. The van der Waals surface area contributed by atoms with E-state index in [-0.39, 0.29) is 18.4 Å². The highest BCUT2D eigenvalue weighted by atomic mass is 19.1. The Morgan fingerprint density at radius 3 is 2.95 bits per heavy atom. The van der Waals surface area contributed by atoms with Gasteiger partial charge in [0.15, 0.2) is 5.78 Å². The van der Waals surface area contributed by atoms with Crippen LogP contribution in [0.3, 0.4) is 0 Å². The molecule has 0 saturated heterocycles. The van der Waals surface area contributed by atoms with Crippen LogP contribution in [-0.4, -0.2) is 23.4 Å². The molecular formula is C14H10F2N2O. The summed E-state index contributed by atoms with van der Waals surface area (Å²) in [7, 11) is 0. The highest BCUT2D eigenvalue weighted by Crippen LogP contribution is 2.39. The quantitative estimate of drug-likeness (QED) is 0.760. The molecule has 2 aromatic rings. The van der Waals surface area contributed by atoms with Crippen LogP contribution >= 0.6 is 0 Å². The highest BCUT2D eigenvalue weighted by Gasteiger charge is 2.32. The lowest BCUT2D eigenvalue weighted by molar-refractivity contribution is -0.114. The Labute approximate surface area is 107 Å². The van der Waals surface area contributed by atoms with E-state index in [1.165, 1.54) is 6.08 Å². The van der Waals surface area contributed by atoms with Gasteiger partial charge in [0.2, 0.25) is 0 Å². The first-order chi connectivity index (χ1) is 9.15. The molecule has 1 aliphatic carbocycles. The minimum atomic E-state index is -0.613. The predicted octanol–water partition coefficient (Wildman–Crippen LogP) is 1.93. The molecule has 2 N–H and O–H groups in total. The molecule has 1 aromatic carbocycles. The van der Waals surface area contributed by atoms with Gasteiger partial charge in [0, 0.05) is 29.3 Å². The van der Waals surface area contributed by atoms with Gasteiger partial charge in [-0.15, -0.1) is 0 Å². The summed E-state index contributed by atoms with van der Waals surface area (Å²) in [4.78, 5) is 14.4. The summed E-state index contributed by atoms with van der Waals surface area (Å²) in [5.74, 6) is -1.29. The van der Waals surface area contributed by atoms with E-state index in [2.05, 4.69) is 10.3 Å². The number of H-pyrrole nitrogens is 1. The maximum Gasteiger partial charge on any atom is 0.169 e. The minimum absolute atomic E-state index is 0.0795. The third-order valence-electron chi connectivity index (χ3n) is 3.87. The molecule has 0 amide bonds. The summed E-state index contributed by atoms with van der Waals surface area (Å²) in [5, 5.41) is 3.66. The van der Waals surface area contributed by atoms with Gasteiger partial charge in [0.1, 0.15) is 11.6 Å². The molecule has 2 heterocycles. The van der Waals surface area contributed by atoms with Crippen LogP contribution in [0.4, 0.5) is 8.78 Å². The van der Waals surface area contributed by atoms with Crippen molar-refractivity contribution in [2.24, 2.45) is 0 Å². The van der Waals surface area contributed by atoms with Gasteiger partial charge in [-0.3, -0.25) is 4.79 Å². The predicted molar refractivity (Wildman–Crippen MR) is 66.7 cm³/mol. The van der Waals surface area contributed by atoms with Crippen molar-refractivity contribution >= 4 is 22.3 Å². The molecule has 0 saturated carbocycles. The molecule has 0 radical (unpaired) electrons. The van der Waals surface area contributed by atoms with Crippen LogP contribution in [0.25, 0.3) is 16.5 Å². The lowest BCUT2D eigenvalue weighted by Gasteiger charge is -2.30. The lowest BCUT2D eigenvalue weighted by atomic mass is 9.82. The summed E-state index contributed by atoms with van der Waals surface area (Å²) in [6.07, 6.45) is 3.83. The molecule has 96 valence electrons. The van der Waals surface area contributed by atoms with Crippen molar-refractivity contribution in [2.75, 3.05) is 6.54 Å². The Hall–Kier alpha value is -2.01. The van der Waals surface area contributed by atoms with Gasteiger partial charge < -0.3 is 10.3 Å². The second kappa shape index (κ2) is 3.51. The Morgan fingerprint density at radius 2 is 2.11 bits per heavy atom. The lowest BCUT2D eigenvalue weighted by Crippen LogP contribution is -2.41.